The molecule has 1 aromatic carbocycles. The third kappa shape index (κ3) is 5.04. The van der Waals surface area contributed by atoms with Crippen LogP contribution in [0, 0.1) is 0 Å². The quantitative estimate of drug-likeness (QED) is 0.921. The lowest BCUT2D eigenvalue weighted by molar-refractivity contribution is 0.0761. The first-order chi connectivity index (χ1) is 10.7. The molecule has 6 heteroatoms. The fourth-order valence-electron chi connectivity index (χ4n) is 2.71. The minimum Gasteiger partial charge on any atom is -0.339 e. The lowest BCUT2D eigenvalue weighted by Gasteiger charge is -2.22. The summed E-state index contributed by atoms with van der Waals surface area (Å²) >= 11 is 0. The lowest BCUT2D eigenvalue weighted by atomic mass is 10.1. The van der Waals surface area contributed by atoms with Gasteiger partial charge in [-0.05, 0) is 51.8 Å². The summed E-state index contributed by atoms with van der Waals surface area (Å²) in [5.41, 5.74) is -0.132. The van der Waals surface area contributed by atoms with Crippen LogP contribution >= 0.6 is 0 Å². The zero-order chi connectivity index (χ0) is 17.1. The Kier molecular flexibility index (Phi) is 5.47. The van der Waals surface area contributed by atoms with E-state index in [1.807, 2.05) is 4.90 Å². The second-order valence-electron chi connectivity index (χ2n) is 7.09. The summed E-state index contributed by atoms with van der Waals surface area (Å²) in [4.78, 5) is 14.6. The molecular weight excluding hydrogens is 312 g/mol. The van der Waals surface area contributed by atoms with Crippen LogP contribution in [0.3, 0.4) is 0 Å². The van der Waals surface area contributed by atoms with Crippen LogP contribution in [0.25, 0.3) is 0 Å². The van der Waals surface area contributed by atoms with Crippen molar-refractivity contribution >= 4 is 15.9 Å². The van der Waals surface area contributed by atoms with E-state index in [0.29, 0.717) is 5.56 Å². The molecule has 1 heterocycles. The van der Waals surface area contributed by atoms with Crippen molar-refractivity contribution in [3.05, 3.63) is 29.8 Å². The Labute approximate surface area is 139 Å². The molecule has 0 radical (unpaired) electrons. The van der Waals surface area contributed by atoms with E-state index in [1.54, 1.807) is 32.9 Å². The van der Waals surface area contributed by atoms with Gasteiger partial charge in [0.1, 0.15) is 0 Å². The van der Waals surface area contributed by atoms with Gasteiger partial charge in [-0.3, -0.25) is 4.79 Å². The summed E-state index contributed by atoms with van der Waals surface area (Å²) in [5, 5.41) is 0. The number of nitrogens with zero attached hydrogens (tertiary/aromatic N) is 1. The Bertz CT molecular complexity index is 655. The van der Waals surface area contributed by atoms with Crippen LogP contribution in [0.4, 0.5) is 0 Å². The Morgan fingerprint density at radius 1 is 1.09 bits per heavy atom. The molecule has 0 aromatic heterocycles. The third-order valence-corrected chi connectivity index (χ3v) is 5.48. The van der Waals surface area contributed by atoms with Gasteiger partial charge in [-0.25, -0.2) is 13.1 Å². The summed E-state index contributed by atoms with van der Waals surface area (Å²) in [6.45, 7) is 6.86. The van der Waals surface area contributed by atoms with E-state index in [1.165, 1.54) is 12.1 Å². The molecule has 0 saturated carbocycles. The standard InChI is InChI=1S/C17H26N2O3S/c1-17(2,3)18-23(21,22)15-10-8-9-14(13-15)16(20)19-11-6-4-5-7-12-19/h8-10,13,18H,4-7,11-12H2,1-3H3. The smallest absolute Gasteiger partial charge is 0.253 e. The van der Waals surface area contributed by atoms with E-state index < -0.39 is 15.6 Å². The number of carbonyl (C=O) groups excluding carboxylic acids is 1. The van der Waals surface area contributed by atoms with Gasteiger partial charge in [0.25, 0.3) is 5.91 Å². The normalized spacial score (nSPS) is 16.9. The summed E-state index contributed by atoms with van der Waals surface area (Å²) in [6, 6.07) is 6.31. The van der Waals surface area contributed by atoms with Gasteiger partial charge < -0.3 is 4.90 Å². The molecule has 1 aliphatic rings. The zero-order valence-corrected chi connectivity index (χ0v) is 14.9. The van der Waals surface area contributed by atoms with Crippen LogP contribution in [0.2, 0.25) is 0 Å². The molecule has 1 saturated heterocycles. The van der Waals surface area contributed by atoms with Gasteiger partial charge in [0.15, 0.2) is 0 Å². The monoisotopic (exact) mass is 338 g/mol. The summed E-state index contributed by atoms with van der Waals surface area (Å²) in [7, 11) is -3.63. The number of hydrogen-bond donors (Lipinski definition) is 1. The topological polar surface area (TPSA) is 66.5 Å². The highest BCUT2D eigenvalue weighted by atomic mass is 32.2. The van der Waals surface area contributed by atoms with E-state index >= 15 is 0 Å². The van der Waals surface area contributed by atoms with Crippen LogP contribution in [0.5, 0.6) is 0 Å². The number of rotatable bonds is 3. The van der Waals surface area contributed by atoms with Crippen LogP contribution in [0.15, 0.2) is 29.2 Å². The molecule has 1 N–H and O–H groups in total. The maximum atomic E-state index is 12.6. The first-order valence-electron chi connectivity index (χ1n) is 8.12. The summed E-state index contributed by atoms with van der Waals surface area (Å²) in [6.07, 6.45) is 4.31. The highest BCUT2D eigenvalue weighted by Gasteiger charge is 2.24. The van der Waals surface area contributed by atoms with Gasteiger partial charge in [-0.2, -0.15) is 0 Å². The molecule has 1 fully saturated rings. The Morgan fingerprint density at radius 2 is 1.70 bits per heavy atom. The fraction of sp³-hybridized carbons (Fsp3) is 0.588. The molecule has 5 nitrogen and oxygen atoms in total. The molecule has 1 amide bonds. The van der Waals surface area contributed by atoms with Crippen molar-refractivity contribution in [3.8, 4) is 0 Å². The van der Waals surface area contributed by atoms with Gasteiger partial charge in [0.05, 0.1) is 4.90 Å². The highest BCUT2D eigenvalue weighted by Crippen LogP contribution is 2.18. The van der Waals surface area contributed by atoms with Crippen molar-refractivity contribution in [1.29, 1.82) is 0 Å². The third-order valence-electron chi connectivity index (χ3n) is 3.73. The second-order valence-corrected chi connectivity index (χ2v) is 8.77. The Balaban J connectivity index is 2.24. The number of hydrogen-bond acceptors (Lipinski definition) is 3. The molecule has 23 heavy (non-hydrogen) atoms. The lowest BCUT2D eigenvalue weighted by Crippen LogP contribution is -2.40. The van der Waals surface area contributed by atoms with E-state index in [-0.39, 0.29) is 10.8 Å². The second kappa shape index (κ2) is 7.01. The predicted molar refractivity (Wildman–Crippen MR) is 90.9 cm³/mol. The SMILES string of the molecule is CC(C)(C)NS(=O)(=O)c1cccc(C(=O)N2CCCCCC2)c1. The van der Waals surface area contributed by atoms with Gasteiger partial charge in [0.2, 0.25) is 10.0 Å². The van der Waals surface area contributed by atoms with Crippen molar-refractivity contribution in [3.63, 3.8) is 0 Å². The first kappa shape index (κ1) is 17.9. The van der Waals surface area contributed by atoms with Gasteiger partial charge in [-0.15, -0.1) is 0 Å². The average molecular weight is 338 g/mol. The average Bonchev–Trinajstić information content (AvgIpc) is 2.73. The zero-order valence-electron chi connectivity index (χ0n) is 14.1. The number of sulfonamides is 1. The minimum absolute atomic E-state index is 0.0836. The molecule has 0 bridgehead atoms. The molecule has 0 atom stereocenters. The molecule has 1 aliphatic heterocycles. The molecule has 0 aliphatic carbocycles. The van der Waals surface area contributed by atoms with Crippen LogP contribution in [0.1, 0.15) is 56.8 Å². The number of likely N-dealkylation sites (tertiary alicyclic amines) is 1. The minimum atomic E-state index is -3.63. The number of amides is 1. The summed E-state index contributed by atoms with van der Waals surface area (Å²) in [5.74, 6) is -0.0836. The number of nitrogens with one attached hydrogen (secondary N) is 1. The molecule has 1 aromatic rings. The summed E-state index contributed by atoms with van der Waals surface area (Å²) < 4.78 is 27.5. The number of benzene rings is 1. The van der Waals surface area contributed by atoms with Gasteiger partial charge in [-0.1, -0.05) is 18.9 Å². The van der Waals surface area contributed by atoms with Crippen molar-refractivity contribution in [2.75, 3.05) is 13.1 Å². The van der Waals surface area contributed by atoms with Crippen molar-refractivity contribution < 1.29 is 13.2 Å². The Hall–Kier alpha value is -1.40. The van der Waals surface area contributed by atoms with Crippen LogP contribution in [-0.2, 0) is 10.0 Å². The first-order valence-corrected chi connectivity index (χ1v) is 9.61. The van der Waals surface area contributed by atoms with Crippen molar-refractivity contribution in [2.45, 2.75) is 56.9 Å². The molecule has 0 spiro atoms. The molecule has 2 rings (SSSR count). The fourth-order valence-corrected chi connectivity index (χ4v) is 4.18. The van der Waals surface area contributed by atoms with Gasteiger partial charge >= 0.3 is 0 Å². The largest absolute Gasteiger partial charge is 0.339 e. The molecular formula is C17H26N2O3S. The molecule has 128 valence electrons. The Morgan fingerprint density at radius 3 is 2.26 bits per heavy atom. The van der Waals surface area contributed by atoms with Gasteiger partial charge in [0, 0.05) is 24.2 Å². The van der Waals surface area contributed by atoms with Crippen LogP contribution in [-0.4, -0.2) is 37.9 Å². The van der Waals surface area contributed by atoms with E-state index in [9.17, 15) is 13.2 Å². The maximum absolute atomic E-state index is 12.6. The van der Waals surface area contributed by atoms with Crippen molar-refractivity contribution in [2.24, 2.45) is 0 Å². The number of carbonyl (C=O) groups is 1. The van der Waals surface area contributed by atoms with E-state index in [0.717, 1.165) is 38.8 Å². The highest BCUT2D eigenvalue weighted by molar-refractivity contribution is 7.89. The van der Waals surface area contributed by atoms with E-state index in [4.69, 9.17) is 0 Å². The molecule has 0 unspecified atom stereocenters. The van der Waals surface area contributed by atoms with Crippen molar-refractivity contribution in [1.82, 2.24) is 9.62 Å². The maximum Gasteiger partial charge on any atom is 0.253 e. The van der Waals surface area contributed by atoms with E-state index in [2.05, 4.69) is 4.72 Å². The van der Waals surface area contributed by atoms with Crippen LogP contribution < -0.4 is 4.72 Å². The predicted octanol–water partition coefficient (Wildman–Crippen LogP) is 2.78.